The molecule has 1 amide bonds. The number of hydrogen-bond donors (Lipinski definition) is 1. The lowest BCUT2D eigenvalue weighted by Crippen LogP contribution is -2.39. The monoisotopic (exact) mass is 372 g/mol. The van der Waals surface area contributed by atoms with Gasteiger partial charge in [-0.2, -0.15) is 0 Å². The molecule has 0 aliphatic heterocycles. The Labute approximate surface area is 157 Å². The minimum Gasteiger partial charge on any atom is -0.481 e. The molecule has 0 bridgehead atoms. The summed E-state index contributed by atoms with van der Waals surface area (Å²) in [6.45, 7) is 4.04. The number of nitrogens with zero attached hydrogens (tertiary/aromatic N) is 2. The predicted octanol–water partition coefficient (Wildman–Crippen LogP) is 3.63. The van der Waals surface area contributed by atoms with Crippen LogP contribution in [0.3, 0.4) is 0 Å². The van der Waals surface area contributed by atoms with Crippen LogP contribution in [0, 0.1) is 5.92 Å². The number of carboxylic acids is 1. The Morgan fingerprint density at radius 1 is 1.31 bits per heavy atom. The first kappa shape index (κ1) is 18.6. The summed E-state index contributed by atoms with van der Waals surface area (Å²) in [6, 6.07) is 8.53. The molecule has 6 heteroatoms. The number of hydrogen-bond acceptors (Lipinski definition) is 4. The van der Waals surface area contributed by atoms with Crippen LogP contribution in [0.1, 0.15) is 37.9 Å². The van der Waals surface area contributed by atoms with Gasteiger partial charge in [0, 0.05) is 23.5 Å². The molecule has 1 aromatic heterocycles. The third-order valence-corrected chi connectivity index (χ3v) is 5.63. The fraction of sp³-hybridized carbons (Fsp3) is 0.450. The van der Waals surface area contributed by atoms with Crippen molar-refractivity contribution in [2.45, 2.75) is 45.6 Å². The van der Waals surface area contributed by atoms with Crippen LogP contribution in [-0.2, 0) is 22.4 Å². The van der Waals surface area contributed by atoms with E-state index in [4.69, 9.17) is 5.11 Å². The van der Waals surface area contributed by atoms with Gasteiger partial charge in [0.05, 0.1) is 18.0 Å². The van der Waals surface area contributed by atoms with E-state index in [2.05, 4.69) is 36.2 Å². The predicted molar refractivity (Wildman–Crippen MR) is 102 cm³/mol. The molecule has 0 saturated heterocycles. The maximum Gasteiger partial charge on any atom is 0.308 e. The highest BCUT2D eigenvalue weighted by molar-refractivity contribution is 7.13. The second kappa shape index (κ2) is 7.99. The Kier molecular flexibility index (Phi) is 5.71. The number of aryl methyl sites for hydroxylation is 1. The Hall–Kier alpha value is -2.21. The summed E-state index contributed by atoms with van der Waals surface area (Å²) in [5.74, 6) is -1.45. The molecule has 1 N–H and O–H groups in total. The van der Waals surface area contributed by atoms with Crippen LogP contribution in [0.15, 0.2) is 29.6 Å². The fourth-order valence-corrected chi connectivity index (χ4v) is 3.70. The van der Waals surface area contributed by atoms with Crippen molar-refractivity contribution in [3.8, 4) is 10.6 Å². The summed E-state index contributed by atoms with van der Waals surface area (Å²) in [5, 5.41) is 12.0. The van der Waals surface area contributed by atoms with Crippen molar-refractivity contribution in [3.63, 3.8) is 0 Å². The zero-order valence-electron chi connectivity index (χ0n) is 15.1. The van der Waals surface area contributed by atoms with Gasteiger partial charge >= 0.3 is 5.97 Å². The molecule has 1 heterocycles. The first-order valence-electron chi connectivity index (χ1n) is 9.04. The fourth-order valence-electron chi connectivity index (χ4n) is 2.87. The molecule has 1 saturated carbocycles. The molecule has 2 aromatic rings. The molecule has 1 atom stereocenters. The van der Waals surface area contributed by atoms with E-state index in [1.165, 1.54) is 16.9 Å². The van der Waals surface area contributed by atoms with E-state index < -0.39 is 11.9 Å². The molecular formula is C20H24N2O3S. The van der Waals surface area contributed by atoms with Crippen LogP contribution in [-0.4, -0.2) is 39.5 Å². The van der Waals surface area contributed by atoms with Crippen molar-refractivity contribution in [3.05, 3.63) is 40.9 Å². The van der Waals surface area contributed by atoms with E-state index in [1.807, 2.05) is 5.38 Å². The largest absolute Gasteiger partial charge is 0.481 e. The number of carbonyl (C=O) groups is 2. The molecule has 0 spiro atoms. The average molecular weight is 372 g/mol. The van der Waals surface area contributed by atoms with Gasteiger partial charge in [-0.05, 0) is 24.8 Å². The molecule has 1 aliphatic rings. The minimum absolute atomic E-state index is 0.0289. The standard InChI is InChI=1S/C20H24N2O3S/c1-3-14-4-6-15(7-5-14)19-21-16(12-26-19)10-18(23)22(17-8-9-17)11-13(2)20(24)25/h4-7,12-13,17H,3,8-11H2,1-2H3,(H,24,25). The van der Waals surface area contributed by atoms with E-state index in [0.29, 0.717) is 0 Å². The van der Waals surface area contributed by atoms with Gasteiger partial charge in [0.25, 0.3) is 0 Å². The molecule has 1 aliphatic carbocycles. The number of thiazole rings is 1. The highest BCUT2D eigenvalue weighted by Crippen LogP contribution is 2.29. The van der Waals surface area contributed by atoms with Gasteiger partial charge in [0.1, 0.15) is 5.01 Å². The molecule has 138 valence electrons. The van der Waals surface area contributed by atoms with Crippen molar-refractivity contribution in [1.29, 1.82) is 0 Å². The second-order valence-corrected chi connectivity index (χ2v) is 7.75. The SMILES string of the molecule is CCc1ccc(-c2nc(CC(=O)N(CC(C)C(=O)O)C3CC3)cs2)cc1. The first-order chi connectivity index (χ1) is 12.5. The van der Waals surface area contributed by atoms with Gasteiger partial charge in [-0.15, -0.1) is 11.3 Å². The number of benzene rings is 1. The number of aromatic nitrogens is 1. The minimum atomic E-state index is -0.866. The Bertz CT molecular complexity index is 781. The number of carboxylic acid groups (broad SMARTS) is 1. The zero-order chi connectivity index (χ0) is 18.7. The maximum atomic E-state index is 12.7. The van der Waals surface area contributed by atoms with E-state index in [-0.39, 0.29) is 24.9 Å². The van der Waals surface area contributed by atoms with Crippen molar-refractivity contribution >= 4 is 23.2 Å². The quantitative estimate of drug-likeness (QED) is 0.768. The van der Waals surface area contributed by atoms with Crippen molar-refractivity contribution in [2.24, 2.45) is 5.92 Å². The van der Waals surface area contributed by atoms with E-state index in [9.17, 15) is 9.59 Å². The number of carbonyl (C=O) groups excluding carboxylic acids is 1. The normalized spacial score (nSPS) is 14.8. The van der Waals surface area contributed by atoms with Gasteiger partial charge in [-0.25, -0.2) is 4.98 Å². The van der Waals surface area contributed by atoms with Crippen LogP contribution >= 0.6 is 11.3 Å². The lowest BCUT2D eigenvalue weighted by molar-refractivity contribution is -0.143. The van der Waals surface area contributed by atoms with Gasteiger partial charge in [0.15, 0.2) is 0 Å². The molecule has 5 nitrogen and oxygen atoms in total. The van der Waals surface area contributed by atoms with Crippen LogP contribution < -0.4 is 0 Å². The van der Waals surface area contributed by atoms with Crippen LogP contribution in [0.5, 0.6) is 0 Å². The smallest absolute Gasteiger partial charge is 0.308 e. The summed E-state index contributed by atoms with van der Waals surface area (Å²) < 4.78 is 0. The molecular weight excluding hydrogens is 348 g/mol. The Morgan fingerprint density at radius 3 is 2.58 bits per heavy atom. The lowest BCUT2D eigenvalue weighted by Gasteiger charge is -2.24. The average Bonchev–Trinajstić information content (AvgIpc) is 3.37. The molecule has 1 aromatic carbocycles. The molecule has 1 fully saturated rings. The summed E-state index contributed by atoms with van der Waals surface area (Å²) >= 11 is 1.54. The number of aliphatic carboxylic acids is 1. The van der Waals surface area contributed by atoms with Crippen LogP contribution in [0.4, 0.5) is 0 Å². The zero-order valence-corrected chi connectivity index (χ0v) is 16.0. The van der Waals surface area contributed by atoms with Crippen molar-refractivity contribution < 1.29 is 14.7 Å². The van der Waals surface area contributed by atoms with Crippen LogP contribution in [0.25, 0.3) is 10.6 Å². The third-order valence-electron chi connectivity index (χ3n) is 4.69. The third kappa shape index (κ3) is 4.49. The molecule has 3 rings (SSSR count). The first-order valence-corrected chi connectivity index (χ1v) is 9.92. The summed E-state index contributed by atoms with van der Waals surface area (Å²) in [7, 11) is 0. The Morgan fingerprint density at radius 2 is 2.00 bits per heavy atom. The second-order valence-electron chi connectivity index (χ2n) is 6.89. The van der Waals surface area contributed by atoms with Gasteiger partial charge in [-0.3, -0.25) is 9.59 Å². The summed E-state index contributed by atoms with van der Waals surface area (Å²) in [6.07, 6.45) is 3.16. The molecule has 1 unspecified atom stereocenters. The number of amides is 1. The highest BCUT2D eigenvalue weighted by atomic mass is 32.1. The van der Waals surface area contributed by atoms with Gasteiger partial charge < -0.3 is 10.0 Å². The van der Waals surface area contributed by atoms with E-state index in [1.54, 1.807) is 11.8 Å². The summed E-state index contributed by atoms with van der Waals surface area (Å²) in [4.78, 5) is 30.1. The molecule has 0 radical (unpaired) electrons. The van der Waals surface area contributed by atoms with E-state index in [0.717, 1.165) is 35.5 Å². The molecule has 26 heavy (non-hydrogen) atoms. The topological polar surface area (TPSA) is 70.5 Å². The van der Waals surface area contributed by atoms with E-state index >= 15 is 0 Å². The number of rotatable bonds is 8. The highest BCUT2D eigenvalue weighted by Gasteiger charge is 2.34. The summed E-state index contributed by atoms with van der Waals surface area (Å²) in [5.41, 5.74) is 3.10. The lowest BCUT2D eigenvalue weighted by atomic mass is 10.1. The maximum absolute atomic E-state index is 12.7. The Balaban J connectivity index is 1.66. The van der Waals surface area contributed by atoms with Crippen LogP contribution in [0.2, 0.25) is 0 Å². The van der Waals surface area contributed by atoms with Crippen molar-refractivity contribution in [1.82, 2.24) is 9.88 Å². The van der Waals surface area contributed by atoms with Gasteiger partial charge in [0.2, 0.25) is 5.91 Å². The van der Waals surface area contributed by atoms with Gasteiger partial charge in [-0.1, -0.05) is 38.1 Å². The van der Waals surface area contributed by atoms with Crippen molar-refractivity contribution in [2.75, 3.05) is 6.54 Å².